The average molecular weight is 579 g/mol. The number of nitrogens with one attached hydrogen (secondary N) is 2. The van der Waals surface area contributed by atoms with Crippen molar-refractivity contribution in [2.75, 3.05) is 24.2 Å². The van der Waals surface area contributed by atoms with Crippen LogP contribution in [0.2, 0.25) is 0 Å². The van der Waals surface area contributed by atoms with Gasteiger partial charge in [-0.3, -0.25) is 19.3 Å². The number of aliphatic carboxylic acids is 1. The summed E-state index contributed by atoms with van der Waals surface area (Å²) in [5.41, 5.74) is 2.96. The minimum absolute atomic E-state index is 0.0127. The van der Waals surface area contributed by atoms with Gasteiger partial charge in [-0.25, -0.2) is 4.79 Å². The molecule has 2 amide bonds. The molecular formula is C30H34N4O6S. The molecule has 6 atom stereocenters. The highest BCUT2D eigenvalue weighted by atomic mass is 32.2. The molecule has 0 aromatic heterocycles. The number of aliphatic hydroxyl groups is 1. The van der Waals surface area contributed by atoms with Crippen LogP contribution in [0.3, 0.4) is 0 Å². The molecule has 5 rings (SSSR count). The molecule has 2 saturated heterocycles. The molecular weight excluding hydrogens is 544 g/mol. The van der Waals surface area contributed by atoms with E-state index in [0.29, 0.717) is 35.7 Å². The molecule has 0 saturated carbocycles. The lowest BCUT2D eigenvalue weighted by molar-refractivity contribution is -0.163. The van der Waals surface area contributed by atoms with Crippen LogP contribution < -0.4 is 10.6 Å². The number of likely N-dealkylation sites (tertiary alicyclic amines) is 1. The van der Waals surface area contributed by atoms with Gasteiger partial charge in [-0.2, -0.15) is 0 Å². The highest BCUT2D eigenvalue weighted by Gasteiger charge is 2.60. The van der Waals surface area contributed by atoms with E-state index in [1.807, 2.05) is 38.2 Å². The van der Waals surface area contributed by atoms with Crippen LogP contribution in [0.1, 0.15) is 36.2 Å². The zero-order valence-electron chi connectivity index (χ0n) is 23.1. The van der Waals surface area contributed by atoms with Crippen molar-refractivity contribution in [3.63, 3.8) is 0 Å². The molecule has 3 heterocycles. The molecule has 3 aliphatic rings. The van der Waals surface area contributed by atoms with Crippen LogP contribution in [0.25, 0.3) is 0 Å². The lowest BCUT2D eigenvalue weighted by Crippen LogP contribution is -2.63. The number of carbonyl (C=O) groups is 4. The lowest BCUT2D eigenvalue weighted by Gasteiger charge is -2.46. The van der Waals surface area contributed by atoms with E-state index in [4.69, 9.17) is 0 Å². The Kier molecular flexibility index (Phi) is 8.21. The Balaban J connectivity index is 1.40. The van der Waals surface area contributed by atoms with Crippen LogP contribution in [-0.2, 0) is 20.9 Å². The van der Waals surface area contributed by atoms with Crippen molar-refractivity contribution in [1.29, 1.82) is 0 Å². The minimum Gasteiger partial charge on any atom is -0.477 e. The molecule has 10 nitrogen and oxygen atoms in total. The minimum atomic E-state index is -1.16. The summed E-state index contributed by atoms with van der Waals surface area (Å²) < 4.78 is 0. The average Bonchev–Trinajstić information content (AvgIpc) is 3.45. The number of anilines is 2. The normalized spacial score (nSPS) is 26.4. The van der Waals surface area contributed by atoms with Gasteiger partial charge in [0.25, 0.3) is 0 Å². The van der Waals surface area contributed by atoms with Crippen LogP contribution in [0.4, 0.5) is 11.4 Å². The number of amides is 2. The molecule has 0 bridgehead atoms. The number of β-lactam (4-membered cyclic amide) rings is 1. The number of carboxylic acids is 1. The highest BCUT2D eigenvalue weighted by Crippen LogP contribution is 2.52. The summed E-state index contributed by atoms with van der Waals surface area (Å²) in [4.78, 5) is 53.9. The van der Waals surface area contributed by atoms with E-state index in [0.717, 1.165) is 17.5 Å². The van der Waals surface area contributed by atoms with Gasteiger partial charge in [-0.15, -0.1) is 11.8 Å². The number of hydrogen-bond donors (Lipinski definition) is 4. The van der Waals surface area contributed by atoms with Gasteiger partial charge in [-0.1, -0.05) is 31.2 Å². The third-order valence-electron chi connectivity index (χ3n) is 8.16. The first-order valence-electron chi connectivity index (χ1n) is 13.6. The van der Waals surface area contributed by atoms with Gasteiger partial charge in [0.15, 0.2) is 0 Å². The highest BCUT2D eigenvalue weighted by molar-refractivity contribution is 8.03. The zero-order valence-corrected chi connectivity index (χ0v) is 23.9. The van der Waals surface area contributed by atoms with Crippen molar-refractivity contribution in [2.45, 2.75) is 50.3 Å². The SMILES string of the molecule is CNc1cccc(CN2C[C@@H](SC3=C(C(=O)O)N4C(=O)[C@H]([C@@H](C)O)[C@H]4[C@H]3C)C[C@H]2C(=O)Nc2cccc(C=O)c2)c1. The molecule has 4 N–H and O–H groups in total. The van der Waals surface area contributed by atoms with Crippen LogP contribution in [-0.4, -0.2) is 81.1 Å². The van der Waals surface area contributed by atoms with Crippen LogP contribution in [0.5, 0.6) is 0 Å². The number of aldehydes is 1. The van der Waals surface area contributed by atoms with Crippen LogP contribution >= 0.6 is 11.8 Å². The molecule has 0 aliphatic carbocycles. The monoisotopic (exact) mass is 578 g/mol. The number of aliphatic hydroxyl groups excluding tert-OH is 1. The number of nitrogens with zero attached hydrogens (tertiary/aromatic N) is 2. The molecule has 216 valence electrons. The summed E-state index contributed by atoms with van der Waals surface area (Å²) in [5.74, 6) is -2.61. The van der Waals surface area contributed by atoms with E-state index in [9.17, 15) is 29.4 Å². The second kappa shape index (κ2) is 11.7. The summed E-state index contributed by atoms with van der Waals surface area (Å²) in [6, 6.07) is 13.8. The Hall–Kier alpha value is -3.67. The van der Waals surface area contributed by atoms with Crippen molar-refractivity contribution >= 4 is 47.2 Å². The van der Waals surface area contributed by atoms with Gasteiger partial charge in [0.2, 0.25) is 11.8 Å². The lowest BCUT2D eigenvalue weighted by atomic mass is 9.79. The predicted molar refractivity (Wildman–Crippen MR) is 156 cm³/mol. The van der Waals surface area contributed by atoms with Crippen molar-refractivity contribution in [2.24, 2.45) is 11.8 Å². The van der Waals surface area contributed by atoms with Gasteiger partial charge in [0.05, 0.1) is 24.1 Å². The molecule has 11 heteroatoms. The summed E-state index contributed by atoms with van der Waals surface area (Å²) in [7, 11) is 1.85. The molecule has 2 aromatic rings. The molecule has 0 spiro atoms. The Morgan fingerprint density at radius 2 is 1.90 bits per heavy atom. The Bertz CT molecular complexity index is 1410. The maximum atomic E-state index is 13.6. The van der Waals surface area contributed by atoms with Gasteiger partial charge in [0.1, 0.15) is 12.0 Å². The van der Waals surface area contributed by atoms with Crippen molar-refractivity contribution in [3.05, 3.63) is 70.3 Å². The number of rotatable bonds is 10. The van der Waals surface area contributed by atoms with Crippen LogP contribution in [0, 0.1) is 11.8 Å². The van der Waals surface area contributed by atoms with E-state index in [1.165, 1.54) is 16.7 Å². The number of hydrogen-bond acceptors (Lipinski definition) is 8. The maximum Gasteiger partial charge on any atom is 0.353 e. The molecule has 3 aliphatic heterocycles. The number of thioether (sulfide) groups is 1. The second-order valence-corrected chi connectivity index (χ2v) is 12.2. The van der Waals surface area contributed by atoms with E-state index in [1.54, 1.807) is 31.2 Å². The first kappa shape index (κ1) is 28.8. The van der Waals surface area contributed by atoms with Crippen LogP contribution in [0.15, 0.2) is 59.1 Å². The van der Waals surface area contributed by atoms with E-state index in [-0.39, 0.29) is 34.7 Å². The van der Waals surface area contributed by atoms with E-state index >= 15 is 0 Å². The van der Waals surface area contributed by atoms with Gasteiger partial charge in [0, 0.05) is 53.1 Å². The van der Waals surface area contributed by atoms with E-state index in [2.05, 4.69) is 15.5 Å². The van der Waals surface area contributed by atoms with Gasteiger partial charge < -0.3 is 25.7 Å². The third kappa shape index (κ3) is 5.49. The topological polar surface area (TPSA) is 139 Å². The number of fused-ring (bicyclic) bond motifs is 1. The Morgan fingerprint density at radius 1 is 1.17 bits per heavy atom. The predicted octanol–water partition coefficient (Wildman–Crippen LogP) is 3.01. The quantitative estimate of drug-likeness (QED) is 0.247. The molecule has 2 aromatic carbocycles. The van der Waals surface area contributed by atoms with Gasteiger partial charge >= 0.3 is 5.97 Å². The fraction of sp³-hybridized carbons (Fsp3) is 0.400. The third-order valence-corrected chi connectivity index (χ3v) is 9.66. The smallest absolute Gasteiger partial charge is 0.353 e. The number of benzene rings is 2. The second-order valence-electron chi connectivity index (χ2n) is 10.9. The van der Waals surface area contributed by atoms with Gasteiger partial charge in [-0.05, 0) is 43.2 Å². The van der Waals surface area contributed by atoms with Crippen molar-refractivity contribution < 1.29 is 29.4 Å². The Morgan fingerprint density at radius 3 is 2.59 bits per heavy atom. The Labute approximate surface area is 242 Å². The first-order valence-corrected chi connectivity index (χ1v) is 14.5. The zero-order chi connectivity index (χ0) is 29.4. The summed E-state index contributed by atoms with van der Waals surface area (Å²) >= 11 is 1.42. The standard InChI is InChI=1S/C30H34N4O6S/c1-16-25-24(17(2)36)29(38)34(25)26(30(39)40)27(16)41-22-12-23(28(37)32-21-9-5-7-19(11-21)15-35)33(14-22)13-18-6-4-8-20(10-18)31-3/h4-11,15-17,22-25,31,36H,12-14H2,1-3H3,(H,32,37)(H,39,40)/t16-,17-,22+,23+,24-,25-/m1/s1. The largest absolute Gasteiger partial charge is 0.477 e. The number of carbonyl (C=O) groups excluding carboxylic acids is 3. The molecule has 0 radical (unpaired) electrons. The molecule has 0 unspecified atom stereocenters. The summed E-state index contributed by atoms with van der Waals surface area (Å²) in [5, 5.41) is 26.2. The first-order chi connectivity index (χ1) is 19.6. The summed E-state index contributed by atoms with van der Waals surface area (Å²) in [6.07, 6.45) is 0.328. The fourth-order valence-corrected chi connectivity index (χ4v) is 7.78. The van der Waals surface area contributed by atoms with E-state index < -0.39 is 24.0 Å². The summed E-state index contributed by atoms with van der Waals surface area (Å²) in [6.45, 7) is 4.50. The maximum absolute atomic E-state index is 13.6. The number of carboxylic acid groups (broad SMARTS) is 1. The molecule has 41 heavy (non-hydrogen) atoms. The molecule has 2 fully saturated rings. The van der Waals surface area contributed by atoms with Crippen molar-refractivity contribution in [1.82, 2.24) is 9.80 Å². The van der Waals surface area contributed by atoms with Crippen molar-refractivity contribution in [3.8, 4) is 0 Å². The fourth-order valence-electron chi connectivity index (χ4n) is 6.23.